The molecule has 2 unspecified atom stereocenters. The van der Waals surface area contributed by atoms with Crippen LogP contribution in [0.15, 0.2) is 60.7 Å². The van der Waals surface area contributed by atoms with E-state index in [0.717, 1.165) is 24.0 Å². The van der Waals surface area contributed by atoms with Gasteiger partial charge in [-0.05, 0) is 144 Å². The number of esters is 5. The number of aliphatic hydroxyl groups excluding tert-OH is 2. The maximum absolute atomic E-state index is 15.5. The smallest absolute Gasteiger partial charge is 0.347 e. The highest BCUT2D eigenvalue weighted by Crippen LogP contribution is 2.59. The lowest BCUT2D eigenvalue weighted by atomic mass is 9.74. The van der Waals surface area contributed by atoms with Crippen molar-refractivity contribution in [1.29, 1.82) is 0 Å². The minimum atomic E-state index is -3.57. The van der Waals surface area contributed by atoms with Gasteiger partial charge in [0, 0.05) is 26.9 Å². The number of carbonyl (C=O) groups is 5. The molecule has 17 heteroatoms. The summed E-state index contributed by atoms with van der Waals surface area (Å²) in [6.45, 7) is 21.7. The predicted octanol–water partition coefficient (Wildman–Crippen LogP) is 7.43. The topological polar surface area (TPSA) is 229 Å². The first-order valence-electron chi connectivity index (χ1n) is 25.5. The van der Waals surface area contributed by atoms with Crippen molar-refractivity contribution in [1.82, 2.24) is 0 Å². The lowest BCUT2D eigenvalue weighted by Crippen LogP contribution is -2.79. The van der Waals surface area contributed by atoms with Gasteiger partial charge in [-0.15, -0.1) is 0 Å². The van der Waals surface area contributed by atoms with E-state index in [-0.39, 0.29) is 37.5 Å². The van der Waals surface area contributed by atoms with Crippen LogP contribution in [0.3, 0.4) is 0 Å². The number of aryl methyl sites for hydroxylation is 1. The SMILES string of the molecule is COC(C)(C)O[C@@H]1[C@@H](OC(=O)CCC(O)C(O)[C@H](C)CCCc2ccccc2)[C@@]2(C(=O)OC(C)(C)C)O[C@]1(CCC[C@@H](OC(C)=O)[C@H](C)Cc1ccccc1)O[C@H](C(=O)OC(C)(C)C)[C@@]2(O)C(=O)OC(C)(C)C. The highest BCUT2D eigenvalue weighted by molar-refractivity contribution is 6.00. The number of methoxy groups -OCH3 is 1. The van der Waals surface area contributed by atoms with Gasteiger partial charge in [0.2, 0.25) is 17.5 Å². The summed E-state index contributed by atoms with van der Waals surface area (Å²) in [5.74, 6) is -10.6. The Morgan fingerprint density at radius 3 is 1.78 bits per heavy atom. The Morgan fingerprint density at radius 1 is 0.699 bits per heavy atom. The molecule has 4 rings (SSSR count). The number of rotatable bonds is 24. The summed E-state index contributed by atoms with van der Waals surface area (Å²) >= 11 is 0. The zero-order valence-electron chi connectivity index (χ0n) is 45.8. The summed E-state index contributed by atoms with van der Waals surface area (Å²) in [7, 11) is 1.33. The van der Waals surface area contributed by atoms with Gasteiger partial charge in [-0.3, -0.25) is 9.59 Å². The minimum absolute atomic E-state index is 0.0505. The van der Waals surface area contributed by atoms with Crippen LogP contribution in [0.25, 0.3) is 0 Å². The fourth-order valence-electron chi connectivity index (χ4n) is 9.26. The molecule has 0 aliphatic carbocycles. The first-order valence-corrected chi connectivity index (χ1v) is 25.5. The third-order valence-electron chi connectivity index (χ3n) is 12.9. The Hall–Kier alpha value is -4.49. The van der Waals surface area contributed by atoms with E-state index in [1.54, 1.807) is 27.7 Å². The summed E-state index contributed by atoms with van der Waals surface area (Å²) < 4.78 is 55.7. The molecule has 2 saturated heterocycles. The largest absolute Gasteiger partial charge is 0.462 e. The molecule has 2 aromatic rings. The van der Waals surface area contributed by atoms with Crippen LogP contribution < -0.4 is 0 Å². The van der Waals surface area contributed by atoms with E-state index in [4.69, 9.17) is 42.6 Å². The second-order valence-corrected chi connectivity index (χ2v) is 23.2. The van der Waals surface area contributed by atoms with Crippen LogP contribution >= 0.6 is 0 Å². The van der Waals surface area contributed by atoms with E-state index in [9.17, 15) is 29.7 Å². The highest BCUT2D eigenvalue weighted by Gasteiger charge is 2.87. The quantitative estimate of drug-likeness (QED) is 0.0527. The van der Waals surface area contributed by atoms with Crippen LogP contribution in [0.5, 0.6) is 0 Å². The fourth-order valence-corrected chi connectivity index (χ4v) is 9.26. The Labute approximate surface area is 432 Å². The zero-order chi connectivity index (χ0) is 55.0. The van der Waals surface area contributed by atoms with Crippen molar-refractivity contribution >= 4 is 29.8 Å². The van der Waals surface area contributed by atoms with Gasteiger partial charge in [0.25, 0.3) is 5.60 Å². The maximum atomic E-state index is 15.5. The molecule has 0 saturated carbocycles. The van der Waals surface area contributed by atoms with Crippen LogP contribution in [0.1, 0.15) is 153 Å². The molecule has 2 aromatic carbocycles. The van der Waals surface area contributed by atoms with E-state index >= 15 is 9.59 Å². The Balaban J connectivity index is 1.90. The summed E-state index contributed by atoms with van der Waals surface area (Å²) in [6, 6.07) is 19.5. The van der Waals surface area contributed by atoms with Crippen molar-refractivity contribution in [2.45, 2.75) is 231 Å². The van der Waals surface area contributed by atoms with Gasteiger partial charge in [-0.2, -0.15) is 0 Å². The molecule has 0 spiro atoms. The van der Waals surface area contributed by atoms with Crippen LogP contribution in [0.4, 0.5) is 0 Å². The Kier molecular flexibility index (Phi) is 20.5. The second-order valence-electron chi connectivity index (χ2n) is 23.2. The van der Waals surface area contributed by atoms with E-state index in [0.29, 0.717) is 12.8 Å². The summed E-state index contributed by atoms with van der Waals surface area (Å²) in [5, 5.41) is 36.0. The number of fused-ring (bicyclic) bond motifs is 2. The zero-order valence-corrected chi connectivity index (χ0v) is 45.8. The molecule has 410 valence electrons. The highest BCUT2D eigenvalue weighted by atomic mass is 16.8. The van der Waals surface area contributed by atoms with Gasteiger partial charge in [0.15, 0.2) is 18.0 Å². The van der Waals surface area contributed by atoms with Crippen LogP contribution in [-0.2, 0) is 79.4 Å². The summed E-state index contributed by atoms with van der Waals surface area (Å²) in [6.07, 6.45) is -8.22. The van der Waals surface area contributed by atoms with Gasteiger partial charge < -0.3 is 58.0 Å². The molecule has 0 aromatic heterocycles. The number of benzene rings is 2. The van der Waals surface area contributed by atoms with E-state index < -0.39 is 112 Å². The van der Waals surface area contributed by atoms with Gasteiger partial charge in [-0.25, -0.2) is 14.4 Å². The predicted molar refractivity (Wildman–Crippen MR) is 268 cm³/mol. The lowest BCUT2D eigenvalue weighted by Gasteiger charge is -2.51. The molecule has 2 fully saturated rings. The van der Waals surface area contributed by atoms with E-state index in [1.165, 1.54) is 69.4 Å². The second kappa shape index (κ2) is 24.5. The van der Waals surface area contributed by atoms with Crippen LogP contribution in [-0.4, -0.2) is 128 Å². The third kappa shape index (κ3) is 16.0. The van der Waals surface area contributed by atoms with E-state index in [2.05, 4.69) is 0 Å². The van der Waals surface area contributed by atoms with Gasteiger partial charge in [0.05, 0.1) is 12.2 Å². The molecule has 2 bridgehead atoms. The number of carbonyl (C=O) groups excluding carboxylic acids is 5. The van der Waals surface area contributed by atoms with Crippen molar-refractivity contribution in [2.24, 2.45) is 11.8 Å². The molecule has 2 aliphatic rings. The number of ether oxygens (including phenoxy) is 9. The van der Waals surface area contributed by atoms with Gasteiger partial charge in [-0.1, -0.05) is 74.5 Å². The van der Waals surface area contributed by atoms with Crippen LogP contribution in [0.2, 0.25) is 0 Å². The molecule has 2 heterocycles. The normalized spacial score (nSPS) is 25.4. The average molecular weight is 1030 g/mol. The molecule has 3 N–H and O–H groups in total. The molecule has 2 aliphatic heterocycles. The first kappa shape index (κ1) is 61.1. The average Bonchev–Trinajstić information content (AvgIpc) is 3.50. The molecule has 0 radical (unpaired) electrons. The molecular formula is C56H84O17. The fraction of sp³-hybridized carbons (Fsp3) is 0.696. The van der Waals surface area contributed by atoms with Crippen molar-refractivity contribution in [2.75, 3.05) is 7.11 Å². The third-order valence-corrected chi connectivity index (χ3v) is 12.9. The van der Waals surface area contributed by atoms with Gasteiger partial charge >= 0.3 is 29.8 Å². The van der Waals surface area contributed by atoms with Crippen molar-refractivity contribution in [3.05, 3.63) is 71.8 Å². The molecule has 11 atom stereocenters. The minimum Gasteiger partial charge on any atom is -0.462 e. The van der Waals surface area contributed by atoms with Gasteiger partial charge in [0.1, 0.15) is 22.9 Å². The molecular weight excluding hydrogens is 945 g/mol. The molecule has 0 amide bonds. The first-order chi connectivity index (χ1) is 33.7. The number of aliphatic hydroxyl groups is 3. The molecule has 17 nitrogen and oxygen atoms in total. The van der Waals surface area contributed by atoms with E-state index in [1.807, 2.05) is 67.6 Å². The molecule has 73 heavy (non-hydrogen) atoms. The summed E-state index contributed by atoms with van der Waals surface area (Å²) in [5.41, 5.74) is -8.70. The Bertz CT molecular complexity index is 2140. The monoisotopic (exact) mass is 1030 g/mol. The standard InChI is InChI=1S/C56H84O17/c1-35(24-22-29-38-25-18-16-19-26-38)43(60)40(58)31-32-42(59)67-45-44(68-53(13,14)65-15)54(33-23-30-41(66-37(3)57)36(2)34-39-27-20-17-21-28-39)69-46(47(61)70-50(4,5)6)55(64,48(62)71-51(7,8)9)56(45,73-54)49(63)72-52(10,11)12/h16-21,25-28,35-36,40-41,43-46,58,60,64H,22-24,29-34H2,1-15H3/t35-,36-,40?,41-,43?,44-,45-,46-,54+,55-,56+/m1/s1. The number of hydrogen-bond donors (Lipinski definition) is 3. The van der Waals surface area contributed by atoms with Crippen LogP contribution in [0, 0.1) is 11.8 Å². The lowest BCUT2D eigenvalue weighted by molar-refractivity contribution is -0.388. The van der Waals surface area contributed by atoms with Crippen molar-refractivity contribution < 1.29 is 81.9 Å². The summed E-state index contributed by atoms with van der Waals surface area (Å²) in [4.78, 5) is 72.4. The maximum Gasteiger partial charge on any atom is 0.347 e. The number of hydrogen-bond acceptors (Lipinski definition) is 17. The van der Waals surface area contributed by atoms with Crippen molar-refractivity contribution in [3.63, 3.8) is 0 Å². The van der Waals surface area contributed by atoms with Crippen molar-refractivity contribution in [3.8, 4) is 0 Å². The Morgan fingerprint density at radius 2 is 1.25 bits per heavy atom.